The van der Waals surface area contributed by atoms with Gasteiger partial charge in [0.25, 0.3) is 0 Å². The van der Waals surface area contributed by atoms with Crippen LogP contribution in [0.5, 0.6) is 0 Å². The molecule has 1 aliphatic carbocycles. The summed E-state index contributed by atoms with van der Waals surface area (Å²) < 4.78 is 84.6. The summed E-state index contributed by atoms with van der Waals surface area (Å²) in [5.41, 5.74) is 1.06. The van der Waals surface area contributed by atoms with Crippen molar-refractivity contribution in [1.29, 1.82) is 5.26 Å². The van der Waals surface area contributed by atoms with Crippen molar-refractivity contribution in [3.05, 3.63) is 59.5 Å². The first-order chi connectivity index (χ1) is 16.2. The summed E-state index contributed by atoms with van der Waals surface area (Å²) >= 11 is 0. The number of halogens is 4. The zero-order valence-electron chi connectivity index (χ0n) is 19.4. The van der Waals surface area contributed by atoms with Crippen LogP contribution in [0.3, 0.4) is 0 Å². The second kappa shape index (κ2) is 8.64. The van der Waals surface area contributed by atoms with Crippen LogP contribution in [0.4, 0.5) is 17.6 Å². The normalized spacial score (nSPS) is 15.8. The quantitative estimate of drug-likeness (QED) is 0.413. The van der Waals surface area contributed by atoms with E-state index in [1.807, 2.05) is 31.6 Å². The molecular formula is C25H25F4N3O2S. The van der Waals surface area contributed by atoms with Crippen LogP contribution in [0.15, 0.2) is 42.6 Å². The van der Waals surface area contributed by atoms with E-state index in [0.29, 0.717) is 36.0 Å². The third-order valence-electron chi connectivity index (χ3n) is 5.85. The molecule has 1 N–H and O–H groups in total. The number of fused-ring (bicyclic) bond motifs is 1. The van der Waals surface area contributed by atoms with Crippen molar-refractivity contribution in [2.75, 3.05) is 0 Å². The summed E-state index contributed by atoms with van der Waals surface area (Å²) in [5.74, 6) is -0.569. The average Bonchev–Trinajstić information content (AvgIpc) is 3.55. The molecule has 0 bridgehead atoms. The van der Waals surface area contributed by atoms with Crippen LogP contribution in [-0.2, 0) is 16.6 Å². The number of aromatic nitrogens is 1. The molecule has 10 heteroatoms. The molecule has 1 atom stereocenters. The fourth-order valence-electron chi connectivity index (χ4n) is 4.17. The highest BCUT2D eigenvalue weighted by atomic mass is 32.2. The number of nitriles is 1. The number of alkyl halides is 3. The van der Waals surface area contributed by atoms with Gasteiger partial charge >= 0.3 is 6.18 Å². The first kappa shape index (κ1) is 25.2. The Balaban J connectivity index is 1.91. The van der Waals surface area contributed by atoms with Crippen molar-refractivity contribution in [2.24, 2.45) is 5.41 Å². The third kappa shape index (κ3) is 5.36. The molecule has 1 fully saturated rings. The molecule has 1 unspecified atom stereocenters. The standard InChI is InChI=1S/C25H25F4N3O2S/c1-24(2,3)14-32-13-21(23(25(27,28)29)31-35(33,34)18-6-7-18)20-8-4-15(11-22(20)32)19-9-5-17(26)10-16(19)12-30/h4-5,8-11,13,18,23,31H,6-7,14H2,1-3H3. The number of nitrogens with one attached hydrogen (secondary N) is 1. The minimum absolute atomic E-state index is 0.101. The Morgan fingerprint density at radius 1 is 1.14 bits per heavy atom. The largest absolute Gasteiger partial charge is 0.408 e. The van der Waals surface area contributed by atoms with Crippen LogP contribution >= 0.6 is 0 Å². The molecule has 2 aromatic carbocycles. The van der Waals surface area contributed by atoms with Gasteiger partial charge in [-0.05, 0) is 47.6 Å². The molecule has 4 rings (SSSR count). The molecule has 0 aliphatic heterocycles. The fourth-order valence-corrected chi connectivity index (χ4v) is 5.70. The number of rotatable bonds is 6. The van der Waals surface area contributed by atoms with Crippen LogP contribution in [0.1, 0.15) is 50.8 Å². The van der Waals surface area contributed by atoms with Gasteiger partial charge in [0.05, 0.1) is 16.9 Å². The minimum Gasteiger partial charge on any atom is -0.347 e. The zero-order chi connectivity index (χ0) is 25.8. The molecule has 3 aromatic rings. The maximum absolute atomic E-state index is 14.2. The molecule has 186 valence electrons. The lowest BCUT2D eigenvalue weighted by Gasteiger charge is -2.22. The highest BCUT2D eigenvalue weighted by Crippen LogP contribution is 2.41. The Morgan fingerprint density at radius 3 is 2.40 bits per heavy atom. The van der Waals surface area contributed by atoms with Crippen molar-refractivity contribution in [2.45, 2.75) is 57.6 Å². The van der Waals surface area contributed by atoms with E-state index in [4.69, 9.17) is 0 Å². The predicted molar refractivity (Wildman–Crippen MR) is 125 cm³/mol. The lowest BCUT2D eigenvalue weighted by Crippen LogP contribution is -2.39. The van der Waals surface area contributed by atoms with Gasteiger partial charge in [-0.3, -0.25) is 0 Å². The van der Waals surface area contributed by atoms with E-state index >= 15 is 0 Å². The third-order valence-corrected chi connectivity index (χ3v) is 7.77. The highest BCUT2D eigenvalue weighted by Gasteiger charge is 2.47. The van der Waals surface area contributed by atoms with Crippen LogP contribution in [0.25, 0.3) is 22.0 Å². The summed E-state index contributed by atoms with van der Waals surface area (Å²) in [4.78, 5) is 0. The summed E-state index contributed by atoms with van der Waals surface area (Å²) in [6, 6.07) is 8.03. The first-order valence-corrected chi connectivity index (χ1v) is 12.6. The fraction of sp³-hybridized carbons (Fsp3) is 0.400. The molecule has 1 heterocycles. The van der Waals surface area contributed by atoms with Crippen molar-refractivity contribution < 1.29 is 26.0 Å². The lowest BCUT2D eigenvalue weighted by molar-refractivity contribution is -0.152. The van der Waals surface area contributed by atoms with Gasteiger partial charge in [0.1, 0.15) is 11.9 Å². The minimum atomic E-state index is -4.85. The van der Waals surface area contributed by atoms with Crippen LogP contribution in [0.2, 0.25) is 0 Å². The number of benzene rings is 2. The Labute approximate surface area is 201 Å². The summed E-state index contributed by atoms with van der Waals surface area (Å²) in [6.07, 6.45) is -2.82. The molecular weight excluding hydrogens is 482 g/mol. The van der Waals surface area contributed by atoms with Gasteiger partial charge in [0, 0.05) is 29.2 Å². The Morgan fingerprint density at radius 2 is 1.83 bits per heavy atom. The monoisotopic (exact) mass is 507 g/mol. The summed E-state index contributed by atoms with van der Waals surface area (Å²) in [5, 5.41) is 8.89. The van der Waals surface area contributed by atoms with Crippen molar-refractivity contribution in [1.82, 2.24) is 9.29 Å². The van der Waals surface area contributed by atoms with Gasteiger partial charge in [-0.1, -0.05) is 39.0 Å². The van der Waals surface area contributed by atoms with E-state index in [-0.39, 0.29) is 21.9 Å². The molecule has 0 spiro atoms. The van der Waals surface area contributed by atoms with Gasteiger partial charge in [0.2, 0.25) is 10.0 Å². The van der Waals surface area contributed by atoms with Gasteiger partial charge in [-0.15, -0.1) is 0 Å². The second-order valence-corrected chi connectivity index (χ2v) is 12.1. The van der Waals surface area contributed by atoms with Gasteiger partial charge in [-0.2, -0.15) is 23.2 Å². The summed E-state index contributed by atoms with van der Waals surface area (Å²) in [7, 11) is -4.13. The van der Waals surface area contributed by atoms with Crippen molar-refractivity contribution in [3.8, 4) is 17.2 Å². The number of hydrogen-bond donors (Lipinski definition) is 1. The van der Waals surface area contributed by atoms with E-state index in [9.17, 15) is 31.2 Å². The van der Waals surface area contributed by atoms with Crippen LogP contribution in [0, 0.1) is 22.6 Å². The number of nitrogens with zero attached hydrogens (tertiary/aromatic N) is 2. The molecule has 1 aliphatic rings. The molecule has 1 saturated carbocycles. The molecule has 0 radical (unpaired) electrons. The van der Waals surface area contributed by atoms with E-state index in [1.54, 1.807) is 16.7 Å². The SMILES string of the molecule is CC(C)(C)Cn1cc(C(NS(=O)(=O)C2CC2)C(F)(F)F)c2ccc(-c3ccc(F)cc3C#N)cc21. The Hall–Kier alpha value is -2.90. The topological polar surface area (TPSA) is 74.9 Å². The number of sulfonamides is 1. The summed E-state index contributed by atoms with van der Waals surface area (Å²) in [6.45, 7) is 6.18. The second-order valence-electron chi connectivity index (χ2n) is 10.1. The maximum Gasteiger partial charge on any atom is 0.408 e. The zero-order valence-corrected chi connectivity index (χ0v) is 20.3. The van der Waals surface area contributed by atoms with Crippen LogP contribution < -0.4 is 4.72 Å². The van der Waals surface area contributed by atoms with Crippen molar-refractivity contribution in [3.63, 3.8) is 0 Å². The molecule has 0 amide bonds. The van der Waals surface area contributed by atoms with Crippen LogP contribution in [-0.4, -0.2) is 24.4 Å². The smallest absolute Gasteiger partial charge is 0.347 e. The maximum atomic E-state index is 14.2. The lowest BCUT2D eigenvalue weighted by atomic mass is 9.96. The first-order valence-electron chi connectivity index (χ1n) is 11.1. The number of hydrogen-bond acceptors (Lipinski definition) is 3. The average molecular weight is 508 g/mol. The molecule has 1 aromatic heterocycles. The van der Waals surface area contributed by atoms with E-state index < -0.39 is 33.3 Å². The van der Waals surface area contributed by atoms with E-state index in [2.05, 4.69) is 0 Å². The van der Waals surface area contributed by atoms with Crippen molar-refractivity contribution >= 4 is 20.9 Å². The molecule has 0 saturated heterocycles. The Bertz CT molecular complexity index is 1430. The van der Waals surface area contributed by atoms with E-state index in [1.165, 1.54) is 24.4 Å². The predicted octanol–water partition coefficient (Wildman–Crippen LogP) is 6.05. The Kier molecular flexibility index (Phi) is 6.22. The highest BCUT2D eigenvalue weighted by molar-refractivity contribution is 7.90. The van der Waals surface area contributed by atoms with Gasteiger partial charge in [-0.25, -0.2) is 12.8 Å². The van der Waals surface area contributed by atoms with E-state index in [0.717, 1.165) is 6.07 Å². The molecule has 35 heavy (non-hydrogen) atoms. The molecule has 5 nitrogen and oxygen atoms in total. The van der Waals surface area contributed by atoms with Gasteiger partial charge in [0.15, 0.2) is 0 Å². The van der Waals surface area contributed by atoms with Gasteiger partial charge < -0.3 is 4.57 Å².